The maximum atomic E-state index is 14.0. The maximum absolute atomic E-state index is 14.0. The van der Waals surface area contributed by atoms with E-state index in [0.29, 0.717) is 27.7 Å². The highest BCUT2D eigenvalue weighted by Gasteiger charge is 2.22. The summed E-state index contributed by atoms with van der Waals surface area (Å²) in [6.45, 7) is 0. The first-order chi connectivity index (χ1) is 9.54. The molecule has 1 aromatic heterocycles. The van der Waals surface area contributed by atoms with E-state index in [-0.39, 0.29) is 17.3 Å². The molecule has 1 N–H and O–H groups in total. The van der Waals surface area contributed by atoms with Crippen LogP contribution in [0.15, 0.2) is 24.3 Å². The van der Waals surface area contributed by atoms with Crippen LogP contribution >= 0.6 is 22.9 Å². The summed E-state index contributed by atoms with van der Waals surface area (Å²) in [5.41, 5.74) is 1.23. The molecule has 0 radical (unpaired) electrons. The van der Waals surface area contributed by atoms with Crippen LogP contribution in [-0.2, 0) is 11.2 Å². The molecule has 1 aliphatic rings. The summed E-state index contributed by atoms with van der Waals surface area (Å²) in [7, 11) is 0. The summed E-state index contributed by atoms with van der Waals surface area (Å²) < 4.78 is 14.5. The van der Waals surface area contributed by atoms with Gasteiger partial charge in [0.2, 0.25) is 11.7 Å². The van der Waals surface area contributed by atoms with Gasteiger partial charge >= 0.3 is 0 Å². The fourth-order valence-electron chi connectivity index (χ4n) is 2.15. The van der Waals surface area contributed by atoms with Crippen LogP contribution in [0.2, 0.25) is 4.34 Å². The summed E-state index contributed by atoms with van der Waals surface area (Å²) in [4.78, 5) is 23.9. The van der Waals surface area contributed by atoms with Gasteiger partial charge in [0, 0.05) is 12.1 Å². The molecule has 6 heteroatoms. The molecule has 3 rings (SSSR count). The van der Waals surface area contributed by atoms with E-state index in [4.69, 9.17) is 11.6 Å². The second kappa shape index (κ2) is 5.00. The van der Waals surface area contributed by atoms with Crippen LogP contribution in [-0.4, -0.2) is 11.7 Å². The zero-order chi connectivity index (χ0) is 14.3. The number of hydrogen-bond acceptors (Lipinski definition) is 3. The van der Waals surface area contributed by atoms with Gasteiger partial charge in [0.1, 0.15) is 5.82 Å². The van der Waals surface area contributed by atoms with Gasteiger partial charge in [0.15, 0.2) is 0 Å². The van der Waals surface area contributed by atoms with Crippen molar-refractivity contribution in [2.24, 2.45) is 0 Å². The SMILES string of the molecule is O=C1CCc2cc(C(=O)c3ccc(Cl)s3)c(F)cc2N1. The van der Waals surface area contributed by atoms with Gasteiger partial charge in [-0.3, -0.25) is 9.59 Å². The molecule has 0 bridgehead atoms. The average molecular weight is 310 g/mol. The van der Waals surface area contributed by atoms with Crippen LogP contribution in [0.4, 0.5) is 10.1 Å². The number of hydrogen-bond donors (Lipinski definition) is 1. The molecule has 0 atom stereocenters. The molecule has 2 heterocycles. The first-order valence-corrected chi connectivity index (χ1v) is 7.16. The van der Waals surface area contributed by atoms with Crippen molar-refractivity contribution in [3.63, 3.8) is 0 Å². The van der Waals surface area contributed by atoms with Gasteiger partial charge in [-0.05, 0) is 36.2 Å². The summed E-state index contributed by atoms with van der Waals surface area (Å²) in [6.07, 6.45) is 0.851. The van der Waals surface area contributed by atoms with E-state index in [0.717, 1.165) is 16.9 Å². The Morgan fingerprint density at radius 3 is 2.80 bits per heavy atom. The minimum absolute atomic E-state index is 0.0124. The van der Waals surface area contributed by atoms with E-state index >= 15 is 0 Å². The minimum atomic E-state index is -0.638. The Morgan fingerprint density at radius 1 is 1.30 bits per heavy atom. The first kappa shape index (κ1) is 13.3. The molecule has 20 heavy (non-hydrogen) atoms. The highest BCUT2D eigenvalue weighted by atomic mass is 35.5. The molecule has 0 saturated carbocycles. The number of halogens is 2. The number of fused-ring (bicyclic) bond motifs is 1. The van der Waals surface area contributed by atoms with Crippen molar-refractivity contribution in [1.82, 2.24) is 0 Å². The number of anilines is 1. The minimum Gasteiger partial charge on any atom is -0.326 e. The van der Waals surface area contributed by atoms with Crippen molar-refractivity contribution in [2.75, 3.05) is 5.32 Å². The topological polar surface area (TPSA) is 46.2 Å². The van der Waals surface area contributed by atoms with Crippen molar-refractivity contribution in [3.8, 4) is 0 Å². The number of aryl methyl sites for hydroxylation is 1. The van der Waals surface area contributed by atoms with Crippen molar-refractivity contribution in [3.05, 3.63) is 50.4 Å². The lowest BCUT2D eigenvalue weighted by molar-refractivity contribution is -0.116. The number of thiophene rings is 1. The van der Waals surface area contributed by atoms with Crippen molar-refractivity contribution in [2.45, 2.75) is 12.8 Å². The highest BCUT2D eigenvalue weighted by molar-refractivity contribution is 7.18. The molecular weight excluding hydrogens is 301 g/mol. The van der Waals surface area contributed by atoms with Crippen LogP contribution in [0.5, 0.6) is 0 Å². The molecule has 0 fully saturated rings. The molecular formula is C14H9ClFNO2S. The lowest BCUT2D eigenvalue weighted by Crippen LogP contribution is -2.20. The van der Waals surface area contributed by atoms with Gasteiger partial charge in [-0.15, -0.1) is 11.3 Å². The summed E-state index contributed by atoms with van der Waals surface area (Å²) in [5.74, 6) is -1.17. The Morgan fingerprint density at radius 2 is 2.10 bits per heavy atom. The van der Waals surface area contributed by atoms with E-state index in [1.165, 1.54) is 12.1 Å². The number of nitrogens with one attached hydrogen (secondary N) is 1. The Balaban J connectivity index is 2.02. The largest absolute Gasteiger partial charge is 0.326 e. The average Bonchev–Trinajstić information content (AvgIpc) is 2.84. The number of carbonyl (C=O) groups excluding carboxylic acids is 2. The van der Waals surface area contributed by atoms with Gasteiger partial charge in [-0.2, -0.15) is 0 Å². The highest BCUT2D eigenvalue weighted by Crippen LogP contribution is 2.29. The summed E-state index contributed by atoms with van der Waals surface area (Å²) in [6, 6.07) is 5.90. The van der Waals surface area contributed by atoms with Gasteiger partial charge in [-0.1, -0.05) is 11.6 Å². The summed E-state index contributed by atoms with van der Waals surface area (Å²) >= 11 is 6.90. The van der Waals surface area contributed by atoms with Crippen LogP contribution < -0.4 is 5.32 Å². The first-order valence-electron chi connectivity index (χ1n) is 5.97. The molecule has 0 saturated heterocycles. The lowest BCUT2D eigenvalue weighted by Gasteiger charge is -2.17. The molecule has 0 aliphatic carbocycles. The Bertz CT molecular complexity index is 726. The molecule has 1 aliphatic heterocycles. The number of ketones is 1. The third-order valence-electron chi connectivity index (χ3n) is 3.13. The molecule has 0 spiro atoms. The molecule has 1 amide bonds. The van der Waals surface area contributed by atoms with Crippen LogP contribution in [0.1, 0.15) is 27.2 Å². The van der Waals surface area contributed by atoms with Gasteiger partial charge in [0.05, 0.1) is 14.8 Å². The van der Waals surface area contributed by atoms with E-state index < -0.39 is 5.82 Å². The molecule has 0 unspecified atom stereocenters. The number of benzene rings is 1. The zero-order valence-corrected chi connectivity index (χ0v) is 11.8. The molecule has 3 nitrogen and oxygen atoms in total. The van der Waals surface area contributed by atoms with E-state index in [1.807, 2.05) is 0 Å². The zero-order valence-electron chi connectivity index (χ0n) is 10.2. The second-order valence-corrected chi connectivity index (χ2v) is 6.19. The van der Waals surface area contributed by atoms with Gasteiger partial charge in [-0.25, -0.2) is 4.39 Å². The van der Waals surface area contributed by atoms with Crippen molar-refractivity contribution in [1.29, 1.82) is 0 Å². The predicted molar refractivity (Wildman–Crippen MR) is 76.1 cm³/mol. The van der Waals surface area contributed by atoms with E-state index in [9.17, 15) is 14.0 Å². The maximum Gasteiger partial charge on any atom is 0.224 e. The lowest BCUT2D eigenvalue weighted by atomic mass is 9.98. The molecule has 2 aromatic rings. The monoisotopic (exact) mass is 309 g/mol. The summed E-state index contributed by atoms with van der Waals surface area (Å²) in [5, 5.41) is 2.60. The van der Waals surface area contributed by atoms with Crippen molar-refractivity contribution < 1.29 is 14.0 Å². The number of amides is 1. The Kier molecular flexibility index (Phi) is 3.31. The second-order valence-electron chi connectivity index (χ2n) is 4.47. The third kappa shape index (κ3) is 2.34. The normalized spacial score (nSPS) is 13.8. The smallest absolute Gasteiger partial charge is 0.224 e. The van der Waals surface area contributed by atoms with Gasteiger partial charge < -0.3 is 5.32 Å². The van der Waals surface area contributed by atoms with E-state index in [2.05, 4.69) is 5.32 Å². The third-order valence-corrected chi connectivity index (χ3v) is 4.36. The predicted octanol–water partition coefficient (Wildman–Crippen LogP) is 3.66. The molecule has 1 aromatic carbocycles. The van der Waals surface area contributed by atoms with E-state index in [1.54, 1.807) is 12.1 Å². The number of carbonyl (C=O) groups is 2. The Labute approximate surface area is 123 Å². The van der Waals surface area contributed by atoms with Crippen LogP contribution in [0.25, 0.3) is 0 Å². The van der Waals surface area contributed by atoms with Crippen molar-refractivity contribution >= 4 is 40.3 Å². The fourth-order valence-corrected chi connectivity index (χ4v) is 3.14. The van der Waals surface area contributed by atoms with Crippen LogP contribution in [0, 0.1) is 5.82 Å². The van der Waals surface area contributed by atoms with Gasteiger partial charge in [0.25, 0.3) is 0 Å². The fraction of sp³-hybridized carbons (Fsp3) is 0.143. The quantitative estimate of drug-likeness (QED) is 0.861. The van der Waals surface area contributed by atoms with Crippen LogP contribution in [0.3, 0.4) is 0 Å². The molecule has 102 valence electrons. The standard InChI is InChI=1S/C14H9ClFNO2S/c15-12-3-2-11(20-12)14(19)8-5-7-1-4-13(18)17-10(7)6-9(8)16/h2-3,5-6H,1,4H2,(H,17,18). The number of rotatable bonds is 2. The Hall–Kier alpha value is -1.72.